The van der Waals surface area contributed by atoms with Gasteiger partial charge in [0.2, 0.25) is 0 Å². The van der Waals surface area contributed by atoms with E-state index in [1.807, 2.05) is 13.1 Å². The van der Waals surface area contributed by atoms with E-state index < -0.39 is 11.4 Å². The smallest absolute Gasteiger partial charge is 0.165 e. The number of likely N-dealkylation sites (tertiary alicyclic amines) is 1. The zero-order chi connectivity index (χ0) is 25.6. The van der Waals surface area contributed by atoms with E-state index in [0.717, 1.165) is 41.4 Å². The van der Waals surface area contributed by atoms with E-state index in [1.54, 1.807) is 43.4 Å². The van der Waals surface area contributed by atoms with Gasteiger partial charge in [-0.1, -0.05) is 11.8 Å². The number of halogens is 1. The Morgan fingerprint density at radius 3 is 2.80 bits per heavy atom. The Balaban J connectivity index is 1.76. The lowest BCUT2D eigenvalue weighted by Gasteiger charge is -2.27. The molecule has 2 heterocycles. The van der Waals surface area contributed by atoms with Gasteiger partial charge in [-0.2, -0.15) is 0 Å². The first-order chi connectivity index (χ1) is 16.6. The maximum absolute atomic E-state index is 14.4. The van der Waals surface area contributed by atoms with Crippen LogP contribution in [-0.2, 0) is 11.3 Å². The first-order valence-electron chi connectivity index (χ1n) is 11.5. The minimum Gasteiger partial charge on any atom is -0.485 e. The highest BCUT2D eigenvalue weighted by Crippen LogP contribution is 2.33. The molecule has 0 atom stereocenters. The summed E-state index contributed by atoms with van der Waals surface area (Å²) in [6, 6.07) is 4.48. The Morgan fingerprint density at radius 1 is 1.43 bits per heavy atom. The Morgan fingerprint density at radius 2 is 2.14 bits per heavy atom. The number of thiazole rings is 1. The fourth-order valence-electron chi connectivity index (χ4n) is 3.59. The number of piperidine rings is 1. The number of aliphatic hydroxyl groups is 1. The summed E-state index contributed by atoms with van der Waals surface area (Å²) >= 11 is 1.68. The molecule has 0 spiro atoms. The van der Waals surface area contributed by atoms with E-state index in [-0.39, 0.29) is 12.4 Å². The molecule has 1 aliphatic heterocycles. The van der Waals surface area contributed by atoms with Gasteiger partial charge in [0, 0.05) is 23.2 Å². The van der Waals surface area contributed by atoms with Gasteiger partial charge in [-0.3, -0.25) is 0 Å². The molecule has 0 bridgehead atoms. The molecule has 1 fully saturated rings. The van der Waals surface area contributed by atoms with Crippen molar-refractivity contribution < 1.29 is 14.2 Å². The number of nitrogens with zero attached hydrogens (tertiary/aromatic N) is 3. The quantitative estimate of drug-likeness (QED) is 0.252. The number of rotatable bonds is 7. The van der Waals surface area contributed by atoms with Crippen molar-refractivity contribution in [2.45, 2.75) is 51.7 Å². The molecule has 0 radical (unpaired) electrons. The summed E-state index contributed by atoms with van der Waals surface area (Å²) in [6.07, 6.45) is 5.88. The minimum absolute atomic E-state index is 0.0667. The molecule has 0 amide bonds. The van der Waals surface area contributed by atoms with E-state index in [0.29, 0.717) is 22.8 Å². The monoisotopic (exact) mass is 496 g/mol. The molecule has 3 rings (SSSR count). The Labute approximate surface area is 211 Å². The van der Waals surface area contributed by atoms with Crippen LogP contribution in [-0.4, -0.2) is 47.4 Å². The van der Waals surface area contributed by atoms with E-state index in [4.69, 9.17) is 10.5 Å². The maximum Gasteiger partial charge on any atom is 0.165 e. The van der Waals surface area contributed by atoms with Crippen molar-refractivity contribution in [3.05, 3.63) is 68.9 Å². The maximum atomic E-state index is 14.4. The molecule has 1 saturated heterocycles. The van der Waals surface area contributed by atoms with Crippen LogP contribution < -0.4 is 5.73 Å². The molecular weight excluding hydrogens is 463 g/mol. The Bertz CT molecular complexity index is 1180. The van der Waals surface area contributed by atoms with Crippen molar-refractivity contribution in [3.8, 4) is 11.8 Å². The SMILES string of the molecule is C=N/C(N)=C(\C=C(/C)c1cnc(C2CCN(C)CC2)s1)OCc1cc(C#CC(C)(C)O)ccc1F. The van der Waals surface area contributed by atoms with E-state index in [9.17, 15) is 9.50 Å². The van der Waals surface area contributed by atoms with Crippen molar-refractivity contribution in [1.29, 1.82) is 0 Å². The lowest BCUT2D eigenvalue weighted by molar-refractivity contribution is 0.143. The molecule has 1 aliphatic rings. The predicted molar refractivity (Wildman–Crippen MR) is 140 cm³/mol. The topological polar surface area (TPSA) is 84.0 Å². The highest BCUT2D eigenvalue weighted by molar-refractivity contribution is 7.12. The average Bonchev–Trinajstić information content (AvgIpc) is 3.31. The molecule has 3 N–H and O–H groups in total. The van der Waals surface area contributed by atoms with Crippen LogP contribution in [0.15, 0.2) is 47.0 Å². The normalized spacial score (nSPS) is 16.3. The van der Waals surface area contributed by atoms with Crippen LogP contribution in [0.4, 0.5) is 4.39 Å². The van der Waals surface area contributed by atoms with Gasteiger partial charge in [-0.05, 0) is 90.3 Å². The van der Waals surface area contributed by atoms with Crippen molar-refractivity contribution in [3.63, 3.8) is 0 Å². The molecule has 0 saturated carbocycles. The lowest BCUT2D eigenvalue weighted by atomic mass is 9.98. The number of aliphatic imine (C=N–C) groups is 1. The molecule has 1 aromatic heterocycles. The standard InChI is InChI=1S/C27H33FN4O2S/c1-18(24-16-31-26(35-24)20-9-12-32(5)13-10-20)14-23(25(29)30-4)34-17-21-15-19(6-7-22(21)28)8-11-27(2,3)33/h6-7,14-16,20,33H,4,9-10,12-13,17,29H2,1-3,5H3/b18-14+,25-23+. The molecule has 8 heteroatoms. The highest BCUT2D eigenvalue weighted by atomic mass is 32.1. The van der Waals surface area contributed by atoms with Crippen molar-refractivity contribution in [1.82, 2.24) is 9.88 Å². The number of ether oxygens (including phenoxy) is 1. The summed E-state index contributed by atoms with van der Waals surface area (Å²) in [5, 5.41) is 11.0. The minimum atomic E-state index is -1.14. The van der Waals surface area contributed by atoms with Crippen LogP contribution in [0.2, 0.25) is 0 Å². The van der Waals surface area contributed by atoms with Gasteiger partial charge in [0.1, 0.15) is 18.0 Å². The molecule has 2 aromatic rings. The second-order valence-electron chi connectivity index (χ2n) is 9.28. The largest absolute Gasteiger partial charge is 0.485 e. The van der Waals surface area contributed by atoms with Crippen molar-refractivity contribution >= 4 is 23.6 Å². The zero-order valence-corrected chi connectivity index (χ0v) is 21.6. The number of benzene rings is 1. The molecule has 0 unspecified atom stereocenters. The summed E-state index contributed by atoms with van der Waals surface area (Å²) in [7, 11) is 2.15. The van der Waals surface area contributed by atoms with Crippen LogP contribution in [0.1, 0.15) is 60.5 Å². The number of nitrogens with two attached hydrogens (primary N) is 1. The number of aromatic nitrogens is 1. The summed E-state index contributed by atoms with van der Waals surface area (Å²) < 4.78 is 20.3. The second-order valence-corrected chi connectivity index (χ2v) is 10.3. The third-order valence-electron chi connectivity index (χ3n) is 5.69. The summed E-state index contributed by atoms with van der Waals surface area (Å²) in [5.41, 5.74) is 6.70. The van der Waals surface area contributed by atoms with Gasteiger partial charge < -0.3 is 20.5 Å². The fraction of sp³-hybridized carbons (Fsp3) is 0.407. The van der Waals surface area contributed by atoms with Crippen molar-refractivity contribution in [2.24, 2.45) is 10.7 Å². The number of hydrogen-bond acceptors (Lipinski definition) is 7. The Hall–Kier alpha value is -2.99. The fourth-order valence-corrected chi connectivity index (χ4v) is 4.65. The molecule has 186 valence electrons. The lowest BCUT2D eigenvalue weighted by Crippen LogP contribution is -2.29. The van der Waals surface area contributed by atoms with Crippen LogP contribution in [0.25, 0.3) is 5.57 Å². The molecule has 6 nitrogen and oxygen atoms in total. The number of allylic oxidation sites excluding steroid dienone is 2. The predicted octanol–water partition coefficient (Wildman–Crippen LogP) is 4.66. The summed E-state index contributed by atoms with van der Waals surface area (Å²) in [6.45, 7) is 10.7. The third kappa shape index (κ3) is 7.76. The van der Waals surface area contributed by atoms with Gasteiger partial charge in [0.25, 0.3) is 0 Å². The van der Waals surface area contributed by atoms with Gasteiger partial charge in [-0.15, -0.1) is 11.3 Å². The van der Waals surface area contributed by atoms with Crippen LogP contribution in [0, 0.1) is 17.7 Å². The van der Waals surface area contributed by atoms with Crippen LogP contribution in [0.5, 0.6) is 0 Å². The zero-order valence-electron chi connectivity index (χ0n) is 20.8. The highest BCUT2D eigenvalue weighted by Gasteiger charge is 2.21. The Kier molecular flexibility index (Phi) is 8.84. The van der Waals surface area contributed by atoms with Gasteiger partial charge >= 0.3 is 0 Å². The molecule has 35 heavy (non-hydrogen) atoms. The van der Waals surface area contributed by atoms with Gasteiger partial charge in [0.15, 0.2) is 11.6 Å². The average molecular weight is 497 g/mol. The van der Waals surface area contributed by atoms with E-state index >= 15 is 0 Å². The van der Waals surface area contributed by atoms with E-state index in [1.165, 1.54) is 6.07 Å². The molecule has 0 aliphatic carbocycles. The third-order valence-corrected chi connectivity index (χ3v) is 6.99. The number of hydrogen-bond donors (Lipinski definition) is 2. The van der Waals surface area contributed by atoms with E-state index in [2.05, 4.69) is 40.5 Å². The second kappa shape index (κ2) is 11.6. The van der Waals surface area contributed by atoms with Crippen LogP contribution >= 0.6 is 11.3 Å². The first kappa shape index (κ1) is 26.6. The summed E-state index contributed by atoms with van der Waals surface area (Å²) in [5.74, 6) is 6.06. The van der Waals surface area contributed by atoms with Crippen molar-refractivity contribution in [2.75, 3.05) is 20.1 Å². The summed E-state index contributed by atoms with van der Waals surface area (Å²) in [4.78, 5) is 11.8. The van der Waals surface area contributed by atoms with Gasteiger partial charge in [0.05, 0.1) is 9.88 Å². The molecule has 1 aromatic carbocycles. The first-order valence-corrected chi connectivity index (χ1v) is 12.3. The van der Waals surface area contributed by atoms with Gasteiger partial charge in [-0.25, -0.2) is 14.4 Å². The molecular formula is C27H33FN4O2S. The van der Waals surface area contributed by atoms with Crippen LogP contribution in [0.3, 0.4) is 0 Å².